The predicted molar refractivity (Wildman–Crippen MR) is 65.0 cm³/mol. The molecule has 0 aromatic carbocycles. The van der Waals surface area contributed by atoms with Crippen LogP contribution >= 0.6 is 22.6 Å². The Balaban J connectivity index is 3.35. The summed E-state index contributed by atoms with van der Waals surface area (Å²) in [5, 5.41) is 3.47. The monoisotopic (exact) mass is 283 g/mol. The average molecular weight is 283 g/mol. The Kier molecular flexibility index (Phi) is 8.77. The largest absolute Gasteiger partial charge is 0.316 e. The molecular formula is C10H22IN. The maximum Gasteiger partial charge on any atom is 0.0260 e. The molecule has 0 aliphatic rings. The molecule has 0 spiro atoms. The van der Waals surface area contributed by atoms with Crippen LogP contribution in [0.4, 0.5) is 0 Å². The van der Waals surface area contributed by atoms with Crippen molar-refractivity contribution in [2.75, 3.05) is 13.1 Å². The summed E-state index contributed by atoms with van der Waals surface area (Å²) < 4.78 is 0.800. The molecule has 0 aromatic rings. The molecule has 0 amide bonds. The second-order valence-corrected chi connectivity index (χ2v) is 5.09. The lowest BCUT2D eigenvalue weighted by atomic mass is 10.0. The minimum atomic E-state index is 0.800. The van der Waals surface area contributed by atoms with Gasteiger partial charge in [-0.15, -0.1) is 0 Å². The van der Waals surface area contributed by atoms with Gasteiger partial charge in [0.15, 0.2) is 0 Å². The fourth-order valence-electron chi connectivity index (χ4n) is 1.25. The summed E-state index contributed by atoms with van der Waals surface area (Å²) in [6.07, 6.45) is 3.92. The van der Waals surface area contributed by atoms with Crippen LogP contribution in [0.1, 0.15) is 40.0 Å². The summed E-state index contributed by atoms with van der Waals surface area (Å²) >= 11 is 2.57. The Hall–Kier alpha value is 0.690. The highest BCUT2D eigenvalue weighted by Crippen LogP contribution is 2.17. The first kappa shape index (κ1) is 12.7. The molecule has 74 valence electrons. The summed E-state index contributed by atoms with van der Waals surface area (Å²) in [5.41, 5.74) is 0. The number of hydrogen-bond donors (Lipinski definition) is 1. The molecule has 0 bridgehead atoms. The molecule has 12 heavy (non-hydrogen) atoms. The van der Waals surface area contributed by atoms with Gasteiger partial charge >= 0.3 is 0 Å². The molecule has 2 atom stereocenters. The predicted octanol–water partition coefficient (Wildman–Crippen LogP) is 3.23. The van der Waals surface area contributed by atoms with E-state index in [4.69, 9.17) is 0 Å². The van der Waals surface area contributed by atoms with E-state index in [1.54, 1.807) is 0 Å². The zero-order chi connectivity index (χ0) is 9.40. The van der Waals surface area contributed by atoms with Crippen molar-refractivity contribution in [3.05, 3.63) is 0 Å². The lowest BCUT2D eigenvalue weighted by Crippen LogP contribution is -2.27. The van der Waals surface area contributed by atoms with Gasteiger partial charge in [-0.25, -0.2) is 0 Å². The summed E-state index contributed by atoms with van der Waals surface area (Å²) in [7, 11) is 0. The van der Waals surface area contributed by atoms with Crippen molar-refractivity contribution in [1.82, 2.24) is 5.32 Å². The van der Waals surface area contributed by atoms with E-state index >= 15 is 0 Å². The number of halogens is 1. The molecule has 0 aliphatic heterocycles. The third-order valence-corrected chi connectivity index (χ3v) is 3.80. The second kappa shape index (κ2) is 8.30. The van der Waals surface area contributed by atoms with Gasteiger partial charge in [0.05, 0.1) is 0 Å². The molecule has 2 unspecified atom stereocenters. The van der Waals surface area contributed by atoms with Crippen molar-refractivity contribution in [3.63, 3.8) is 0 Å². The van der Waals surface area contributed by atoms with E-state index in [-0.39, 0.29) is 0 Å². The summed E-state index contributed by atoms with van der Waals surface area (Å²) in [4.78, 5) is 0. The van der Waals surface area contributed by atoms with Crippen molar-refractivity contribution in [2.45, 2.75) is 44.0 Å². The van der Waals surface area contributed by atoms with E-state index in [1.807, 2.05) is 0 Å². The molecule has 0 heterocycles. The lowest BCUT2D eigenvalue weighted by Gasteiger charge is -2.17. The topological polar surface area (TPSA) is 12.0 Å². The number of hydrogen-bond acceptors (Lipinski definition) is 1. The zero-order valence-electron chi connectivity index (χ0n) is 8.57. The van der Waals surface area contributed by atoms with Crippen LogP contribution in [-0.4, -0.2) is 17.0 Å². The van der Waals surface area contributed by atoms with Crippen LogP contribution in [0.2, 0.25) is 0 Å². The van der Waals surface area contributed by atoms with Crippen molar-refractivity contribution in [1.29, 1.82) is 0 Å². The highest BCUT2D eigenvalue weighted by atomic mass is 127. The van der Waals surface area contributed by atoms with Crippen molar-refractivity contribution in [2.24, 2.45) is 5.92 Å². The first-order chi connectivity index (χ1) is 5.72. The molecule has 0 saturated heterocycles. The molecule has 0 rings (SSSR count). The Morgan fingerprint density at radius 1 is 1.25 bits per heavy atom. The van der Waals surface area contributed by atoms with E-state index in [2.05, 4.69) is 48.7 Å². The number of nitrogens with one attached hydrogen (secondary N) is 1. The van der Waals surface area contributed by atoms with Crippen LogP contribution in [0, 0.1) is 5.92 Å². The highest BCUT2D eigenvalue weighted by molar-refractivity contribution is 14.1. The normalized spacial score (nSPS) is 16.0. The first-order valence-electron chi connectivity index (χ1n) is 5.07. The fourth-order valence-corrected chi connectivity index (χ4v) is 1.93. The summed E-state index contributed by atoms with van der Waals surface area (Å²) in [5.74, 6) is 0.861. The molecule has 0 radical (unpaired) electrons. The van der Waals surface area contributed by atoms with E-state index in [0.29, 0.717) is 0 Å². The van der Waals surface area contributed by atoms with Gasteiger partial charge in [0.1, 0.15) is 0 Å². The smallest absolute Gasteiger partial charge is 0.0260 e. The van der Waals surface area contributed by atoms with Crippen LogP contribution in [-0.2, 0) is 0 Å². The summed E-state index contributed by atoms with van der Waals surface area (Å²) in [6.45, 7) is 9.17. The van der Waals surface area contributed by atoms with Gasteiger partial charge in [-0.1, -0.05) is 49.8 Å². The quantitative estimate of drug-likeness (QED) is 0.430. The van der Waals surface area contributed by atoms with E-state index in [9.17, 15) is 0 Å². The maximum absolute atomic E-state index is 3.47. The van der Waals surface area contributed by atoms with Gasteiger partial charge in [-0.2, -0.15) is 0 Å². The molecule has 1 nitrogen and oxygen atoms in total. The molecular weight excluding hydrogens is 261 g/mol. The van der Waals surface area contributed by atoms with Gasteiger partial charge in [-0.05, 0) is 25.3 Å². The highest BCUT2D eigenvalue weighted by Gasteiger charge is 2.11. The second-order valence-electron chi connectivity index (χ2n) is 3.49. The van der Waals surface area contributed by atoms with Crippen LogP contribution in [0.15, 0.2) is 0 Å². The zero-order valence-corrected chi connectivity index (χ0v) is 10.7. The van der Waals surface area contributed by atoms with Crippen LogP contribution in [0.25, 0.3) is 0 Å². The van der Waals surface area contributed by atoms with Crippen molar-refractivity contribution < 1.29 is 0 Å². The van der Waals surface area contributed by atoms with Crippen LogP contribution in [0.5, 0.6) is 0 Å². The molecule has 0 fully saturated rings. The van der Waals surface area contributed by atoms with Gasteiger partial charge in [0.2, 0.25) is 0 Å². The van der Waals surface area contributed by atoms with Crippen LogP contribution in [0.3, 0.4) is 0 Å². The first-order valence-corrected chi connectivity index (χ1v) is 6.31. The van der Waals surface area contributed by atoms with E-state index in [0.717, 1.165) is 9.84 Å². The average Bonchev–Trinajstić information content (AvgIpc) is 2.05. The fraction of sp³-hybridized carbons (Fsp3) is 1.00. The number of alkyl halides is 1. The molecule has 1 N–H and O–H groups in total. The molecule has 0 aliphatic carbocycles. The minimum absolute atomic E-state index is 0.800. The SMILES string of the molecule is CCCNCC(I)C(C)CCC. The van der Waals surface area contributed by atoms with Gasteiger partial charge in [0, 0.05) is 10.5 Å². The molecule has 2 heteroatoms. The summed E-state index contributed by atoms with van der Waals surface area (Å²) in [6, 6.07) is 0. The Labute approximate surface area is 90.8 Å². The third-order valence-electron chi connectivity index (χ3n) is 2.13. The van der Waals surface area contributed by atoms with Crippen molar-refractivity contribution >= 4 is 22.6 Å². The number of rotatable bonds is 7. The Morgan fingerprint density at radius 2 is 1.92 bits per heavy atom. The van der Waals surface area contributed by atoms with E-state index < -0.39 is 0 Å². The van der Waals surface area contributed by atoms with Gasteiger partial charge < -0.3 is 5.32 Å². The standard InChI is InChI=1S/C10H22IN/c1-4-6-9(3)10(11)8-12-7-5-2/h9-10,12H,4-8H2,1-3H3. The third kappa shape index (κ3) is 6.23. The Bertz CT molecular complexity index is 95.8. The minimum Gasteiger partial charge on any atom is -0.316 e. The van der Waals surface area contributed by atoms with E-state index in [1.165, 1.54) is 32.4 Å². The lowest BCUT2D eigenvalue weighted by molar-refractivity contribution is 0.490. The van der Waals surface area contributed by atoms with Crippen molar-refractivity contribution in [3.8, 4) is 0 Å². The molecule has 0 saturated carbocycles. The Morgan fingerprint density at radius 3 is 2.42 bits per heavy atom. The van der Waals surface area contributed by atoms with Gasteiger partial charge in [-0.3, -0.25) is 0 Å². The van der Waals surface area contributed by atoms with Crippen LogP contribution < -0.4 is 5.32 Å². The van der Waals surface area contributed by atoms with Gasteiger partial charge in [0.25, 0.3) is 0 Å². The maximum atomic E-state index is 3.47. The molecule has 0 aromatic heterocycles.